The van der Waals surface area contributed by atoms with Crippen molar-refractivity contribution >= 4 is 17.9 Å². The van der Waals surface area contributed by atoms with Gasteiger partial charge in [-0.05, 0) is 6.92 Å². The van der Waals surface area contributed by atoms with Crippen molar-refractivity contribution in [2.24, 2.45) is 0 Å². The van der Waals surface area contributed by atoms with E-state index in [1.165, 1.54) is 14.0 Å². The minimum absolute atomic E-state index is 0.303. The number of ether oxygens (including phenoxy) is 1. The Kier molecular flexibility index (Phi) is 8.22. The molecule has 0 radical (unpaired) electrons. The van der Waals surface area contributed by atoms with Gasteiger partial charge in [0.25, 0.3) is 0 Å². The zero-order valence-corrected chi connectivity index (χ0v) is 10.8. The molecule has 5 N–H and O–H groups in total. The summed E-state index contributed by atoms with van der Waals surface area (Å²) in [5, 5.41) is 24.1. The highest BCUT2D eigenvalue weighted by molar-refractivity contribution is 5.88. The second-order valence-electron chi connectivity index (χ2n) is 3.70. The van der Waals surface area contributed by atoms with Gasteiger partial charge in [0.05, 0.1) is 13.2 Å². The number of aliphatic hydroxyl groups excluding tert-OH is 1. The summed E-state index contributed by atoms with van der Waals surface area (Å²) in [5.41, 5.74) is 0. The molecule has 0 aliphatic heterocycles. The number of carbonyl (C=O) groups excluding carboxylic acids is 2. The summed E-state index contributed by atoms with van der Waals surface area (Å²) in [4.78, 5) is 33.4. The maximum absolute atomic E-state index is 11.5. The summed E-state index contributed by atoms with van der Waals surface area (Å²) in [6.45, 7) is 1.35. The molecular weight excluding hydrogens is 258 g/mol. The van der Waals surface area contributed by atoms with Gasteiger partial charge in [0.15, 0.2) is 6.04 Å². The van der Waals surface area contributed by atoms with E-state index < -0.39 is 36.6 Å². The van der Waals surface area contributed by atoms with Crippen molar-refractivity contribution < 1.29 is 29.3 Å². The highest BCUT2D eigenvalue weighted by Crippen LogP contribution is 1.86. The SMILES string of the molecule is COCCNC(=O)C(C)NC(=O)NC(CO)C(=O)O. The van der Waals surface area contributed by atoms with Crippen LogP contribution < -0.4 is 16.0 Å². The van der Waals surface area contributed by atoms with E-state index in [1.807, 2.05) is 5.32 Å². The predicted molar refractivity (Wildman–Crippen MR) is 64.5 cm³/mol. The zero-order valence-electron chi connectivity index (χ0n) is 10.8. The molecule has 2 atom stereocenters. The zero-order chi connectivity index (χ0) is 14.8. The fraction of sp³-hybridized carbons (Fsp3) is 0.700. The van der Waals surface area contributed by atoms with Crippen LogP contribution in [0.15, 0.2) is 0 Å². The molecule has 19 heavy (non-hydrogen) atoms. The van der Waals surface area contributed by atoms with Crippen molar-refractivity contribution in [3.8, 4) is 0 Å². The first kappa shape index (κ1) is 17.1. The van der Waals surface area contributed by atoms with Crippen LogP contribution >= 0.6 is 0 Å². The number of methoxy groups -OCH3 is 1. The van der Waals surface area contributed by atoms with Crippen LogP contribution in [0.25, 0.3) is 0 Å². The molecule has 0 fully saturated rings. The van der Waals surface area contributed by atoms with Gasteiger partial charge in [0.2, 0.25) is 5.91 Å². The van der Waals surface area contributed by atoms with Crippen LogP contribution in [-0.2, 0) is 14.3 Å². The minimum Gasteiger partial charge on any atom is -0.480 e. The predicted octanol–water partition coefficient (Wildman–Crippen LogP) is -2.12. The Morgan fingerprint density at radius 3 is 2.37 bits per heavy atom. The summed E-state index contributed by atoms with van der Waals surface area (Å²) >= 11 is 0. The molecule has 0 rings (SSSR count). The average Bonchev–Trinajstić information content (AvgIpc) is 2.35. The number of carboxylic acids is 1. The van der Waals surface area contributed by atoms with Gasteiger partial charge in [0.1, 0.15) is 6.04 Å². The largest absolute Gasteiger partial charge is 0.480 e. The molecule has 9 heteroatoms. The molecule has 0 bridgehead atoms. The number of hydrogen-bond acceptors (Lipinski definition) is 5. The molecular formula is C10H19N3O6. The molecule has 0 saturated carbocycles. The first-order valence-corrected chi connectivity index (χ1v) is 5.59. The number of carbonyl (C=O) groups is 3. The molecule has 0 aliphatic carbocycles. The van der Waals surface area contributed by atoms with Crippen molar-refractivity contribution in [3.05, 3.63) is 0 Å². The van der Waals surface area contributed by atoms with Crippen molar-refractivity contribution in [3.63, 3.8) is 0 Å². The van der Waals surface area contributed by atoms with Crippen LogP contribution in [0.5, 0.6) is 0 Å². The molecule has 0 saturated heterocycles. The summed E-state index contributed by atoms with van der Waals surface area (Å²) in [6, 6.07) is -3.11. The maximum atomic E-state index is 11.5. The molecule has 2 unspecified atom stereocenters. The van der Waals surface area contributed by atoms with Gasteiger partial charge >= 0.3 is 12.0 Å². The lowest BCUT2D eigenvalue weighted by Gasteiger charge is -2.16. The van der Waals surface area contributed by atoms with Crippen LogP contribution in [-0.4, -0.2) is 67.1 Å². The Labute approximate surface area is 110 Å². The molecule has 9 nitrogen and oxygen atoms in total. The Balaban J connectivity index is 4.10. The molecule has 0 aliphatic rings. The van der Waals surface area contributed by atoms with E-state index >= 15 is 0 Å². The summed E-state index contributed by atoms with van der Waals surface area (Å²) in [7, 11) is 1.49. The van der Waals surface area contributed by atoms with E-state index in [9.17, 15) is 14.4 Å². The first-order valence-electron chi connectivity index (χ1n) is 5.59. The Morgan fingerprint density at radius 2 is 1.89 bits per heavy atom. The first-order chi connectivity index (χ1) is 8.92. The Hall–Kier alpha value is -1.87. The fourth-order valence-corrected chi connectivity index (χ4v) is 1.08. The van der Waals surface area contributed by atoms with Crippen molar-refractivity contribution in [2.45, 2.75) is 19.0 Å². The van der Waals surface area contributed by atoms with E-state index in [0.29, 0.717) is 13.2 Å². The second-order valence-corrected chi connectivity index (χ2v) is 3.70. The van der Waals surface area contributed by atoms with Crippen LogP contribution in [0.2, 0.25) is 0 Å². The van der Waals surface area contributed by atoms with Gasteiger partial charge in [-0.2, -0.15) is 0 Å². The van der Waals surface area contributed by atoms with Gasteiger partial charge in [0, 0.05) is 13.7 Å². The number of urea groups is 1. The maximum Gasteiger partial charge on any atom is 0.328 e. The number of carboxylic acid groups (broad SMARTS) is 1. The molecule has 0 aromatic rings. The molecule has 0 aromatic carbocycles. The van der Waals surface area contributed by atoms with E-state index in [-0.39, 0.29) is 0 Å². The number of aliphatic hydroxyl groups is 1. The molecule has 0 heterocycles. The van der Waals surface area contributed by atoms with Gasteiger partial charge < -0.3 is 30.9 Å². The third kappa shape index (κ3) is 7.21. The van der Waals surface area contributed by atoms with Crippen LogP contribution in [0.4, 0.5) is 4.79 Å². The monoisotopic (exact) mass is 277 g/mol. The van der Waals surface area contributed by atoms with Crippen LogP contribution in [0, 0.1) is 0 Å². The van der Waals surface area contributed by atoms with Crippen LogP contribution in [0.1, 0.15) is 6.92 Å². The Morgan fingerprint density at radius 1 is 1.26 bits per heavy atom. The van der Waals surface area contributed by atoms with E-state index in [2.05, 4.69) is 10.6 Å². The topological polar surface area (TPSA) is 137 Å². The highest BCUT2D eigenvalue weighted by atomic mass is 16.5. The van der Waals surface area contributed by atoms with Gasteiger partial charge in [-0.15, -0.1) is 0 Å². The molecule has 0 spiro atoms. The number of hydrogen-bond donors (Lipinski definition) is 5. The number of aliphatic carboxylic acids is 1. The van der Waals surface area contributed by atoms with Gasteiger partial charge in [-0.1, -0.05) is 0 Å². The lowest BCUT2D eigenvalue weighted by molar-refractivity contribution is -0.140. The van der Waals surface area contributed by atoms with E-state index in [4.69, 9.17) is 14.9 Å². The Bertz CT molecular complexity index is 322. The van der Waals surface area contributed by atoms with Gasteiger partial charge in [-0.3, -0.25) is 4.79 Å². The summed E-state index contributed by atoms with van der Waals surface area (Å²) < 4.78 is 4.74. The minimum atomic E-state index is -1.41. The summed E-state index contributed by atoms with van der Waals surface area (Å²) in [6.07, 6.45) is 0. The number of amides is 3. The van der Waals surface area contributed by atoms with Crippen molar-refractivity contribution in [1.82, 2.24) is 16.0 Å². The second kappa shape index (κ2) is 9.11. The van der Waals surface area contributed by atoms with Gasteiger partial charge in [-0.25, -0.2) is 9.59 Å². The number of rotatable bonds is 8. The normalized spacial score (nSPS) is 13.2. The molecule has 0 aromatic heterocycles. The molecule has 110 valence electrons. The lowest BCUT2D eigenvalue weighted by Crippen LogP contribution is -2.53. The highest BCUT2D eigenvalue weighted by Gasteiger charge is 2.21. The quantitative estimate of drug-likeness (QED) is 0.322. The van der Waals surface area contributed by atoms with E-state index in [1.54, 1.807) is 0 Å². The van der Waals surface area contributed by atoms with Crippen molar-refractivity contribution in [2.75, 3.05) is 26.9 Å². The average molecular weight is 277 g/mol. The van der Waals surface area contributed by atoms with Crippen LogP contribution in [0.3, 0.4) is 0 Å². The smallest absolute Gasteiger partial charge is 0.328 e. The summed E-state index contributed by atoms with van der Waals surface area (Å²) in [5.74, 6) is -1.79. The third-order valence-corrected chi connectivity index (χ3v) is 2.13. The number of nitrogens with one attached hydrogen (secondary N) is 3. The standard InChI is InChI=1S/C10H19N3O6/c1-6(8(15)11-3-4-19-2)12-10(18)13-7(5-14)9(16)17/h6-7,14H,3-5H2,1-2H3,(H,11,15)(H,16,17)(H2,12,13,18). The van der Waals surface area contributed by atoms with E-state index in [0.717, 1.165) is 0 Å². The molecule has 3 amide bonds. The lowest BCUT2D eigenvalue weighted by atomic mass is 10.3. The van der Waals surface area contributed by atoms with Crippen molar-refractivity contribution in [1.29, 1.82) is 0 Å². The third-order valence-electron chi connectivity index (χ3n) is 2.13. The fourth-order valence-electron chi connectivity index (χ4n) is 1.08.